The second-order valence-electron chi connectivity index (χ2n) is 5.00. The highest BCUT2D eigenvalue weighted by atomic mass is 16.5. The van der Waals surface area contributed by atoms with Crippen molar-refractivity contribution in [3.05, 3.63) is 11.7 Å². The lowest BCUT2D eigenvalue weighted by molar-refractivity contribution is 0.353. The first kappa shape index (κ1) is 11.6. The van der Waals surface area contributed by atoms with Crippen molar-refractivity contribution >= 4 is 0 Å². The fourth-order valence-electron chi connectivity index (χ4n) is 2.03. The lowest BCUT2D eigenvalue weighted by Crippen LogP contribution is -2.27. The third-order valence-electron chi connectivity index (χ3n) is 3.12. The van der Waals surface area contributed by atoms with Gasteiger partial charge in [0.25, 0.3) is 0 Å². The first-order valence-corrected chi connectivity index (χ1v) is 6.29. The number of hydrogen-bond acceptors (Lipinski definition) is 4. The first-order valence-electron chi connectivity index (χ1n) is 6.29. The molecule has 1 aliphatic heterocycles. The van der Waals surface area contributed by atoms with Crippen molar-refractivity contribution in [2.45, 2.75) is 45.4 Å². The molecule has 0 saturated carbocycles. The number of aromatic nitrogens is 2. The molecule has 4 heteroatoms. The van der Waals surface area contributed by atoms with Crippen molar-refractivity contribution in [2.75, 3.05) is 13.1 Å². The Balaban J connectivity index is 1.90. The fraction of sp³-hybridized carbons (Fsp3) is 0.833. The highest BCUT2D eigenvalue weighted by Crippen LogP contribution is 2.22. The number of hydrogen-bond donors (Lipinski definition) is 1. The largest absolute Gasteiger partial charge is 0.339 e. The number of rotatable bonds is 4. The molecule has 0 atom stereocenters. The second kappa shape index (κ2) is 5.43. The monoisotopic (exact) mass is 223 g/mol. The van der Waals surface area contributed by atoms with Gasteiger partial charge in [0.2, 0.25) is 5.89 Å². The van der Waals surface area contributed by atoms with Gasteiger partial charge in [0, 0.05) is 12.3 Å². The number of aryl methyl sites for hydroxylation is 1. The molecule has 0 radical (unpaired) electrons. The van der Waals surface area contributed by atoms with Gasteiger partial charge in [-0.25, -0.2) is 0 Å². The van der Waals surface area contributed by atoms with E-state index < -0.39 is 0 Å². The molecule has 4 nitrogen and oxygen atoms in total. The minimum atomic E-state index is 0.498. The molecule has 0 aliphatic carbocycles. The molecular weight excluding hydrogens is 202 g/mol. The number of nitrogens with zero attached hydrogens (tertiary/aromatic N) is 2. The summed E-state index contributed by atoms with van der Waals surface area (Å²) >= 11 is 0. The van der Waals surface area contributed by atoms with Crippen LogP contribution in [0.3, 0.4) is 0 Å². The minimum absolute atomic E-state index is 0.498. The van der Waals surface area contributed by atoms with Crippen LogP contribution in [0.2, 0.25) is 0 Å². The van der Waals surface area contributed by atoms with E-state index in [1.807, 2.05) is 0 Å². The smallest absolute Gasteiger partial charge is 0.226 e. The summed E-state index contributed by atoms with van der Waals surface area (Å²) < 4.78 is 5.29. The van der Waals surface area contributed by atoms with Crippen LogP contribution in [0.25, 0.3) is 0 Å². The van der Waals surface area contributed by atoms with E-state index >= 15 is 0 Å². The Morgan fingerprint density at radius 2 is 2.12 bits per heavy atom. The van der Waals surface area contributed by atoms with Crippen LogP contribution in [0.4, 0.5) is 0 Å². The standard InChI is InChI=1S/C12H21N3O/c1-9(2)3-4-11-14-12(15-16-11)10-5-7-13-8-6-10/h9-10,13H,3-8H2,1-2H3. The zero-order valence-electron chi connectivity index (χ0n) is 10.2. The summed E-state index contributed by atoms with van der Waals surface area (Å²) in [7, 11) is 0. The van der Waals surface area contributed by atoms with Crippen molar-refractivity contribution in [1.29, 1.82) is 0 Å². The maximum atomic E-state index is 5.29. The highest BCUT2D eigenvalue weighted by Gasteiger charge is 2.20. The average molecular weight is 223 g/mol. The Bertz CT molecular complexity index is 316. The Morgan fingerprint density at radius 3 is 2.81 bits per heavy atom. The normalized spacial score (nSPS) is 18.2. The molecule has 0 aromatic carbocycles. The molecule has 1 aromatic rings. The van der Waals surface area contributed by atoms with E-state index in [4.69, 9.17) is 4.52 Å². The predicted octanol–water partition coefficient (Wildman–Crippen LogP) is 2.13. The third kappa shape index (κ3) is 3.04. The molecule has 90 valence electrons. The van der Waals surface area contributed by atoms with Gasteiger partial charge in [0.05, 0.1) is 0 Å². The Kier molecular flexibility index (Phi) is 3.93. The van der Waals surface area contributed by atoms with E-state index in [0.717, 1.165) is 50.5 Å². The minimum Gasteiger partial charge on any atom is -0.339 e. The lowest BCUT2D eigenvalue weighted by Gasteiger charge is -2.18. The van der Waals surface area contributed by atoms with Crippen LogP contribution in [0.15, 0.2) is 4.52 Å². The summed E-state index contributed by atoms with van der Waals surface area (Å²) in [6.45, 7) is 6.56. The van der Waals surface area contributed by atoms with Crippen LogP contribution in [-0.4, -0.2) is 23.2 Å². The van der Waals surface area contributed by atoms with Crippen LogP contribution in [-0.2, 0) is 6.42 Å². The SMILES string of the molecule is CC(C)CCc1nc(C2CCNCC2)no1. The average Bonchev–Trinajstić information content (AvgIpc) is 2.76. The predicted molar refractivity (Wildman–Crippen MR) is 62.3 cm³/mol. The molecule has 2 heterocycles. The topological polar surface area (TPSA) is 51.0 Å². The van der Waals surface area contributed by atoms with Crippen molar-refractivity contribution in [3.63, 3.8) is 0 Å². The van der Waals surface area contributed by atoms with Gasteiger partial charge >= 0.3 is 0 Å². The van der Waals surface area contributed by atoms with Gasteiger partial charge in [-0.2, -0.15) is 4.98 Å². The van der Waals surface area contributed by atoms with E-state index in [1.54, 1.807) is 0 Å². The van der Waals surface area contributed by atoms with Crippen LogP contribution >= 0.6 is 0 Å². The van der Waals surface area contributed by atoms with Crippen LogP contribution in [0.5, 0.6) is 0 Å². The molecular formula is C12H21N3O. The third-order valence-corrected chi connectivity index (χ3v) is 3.12. The molecule has 0 unspecified atom stereocenters. The van der Waals surface area contributed by atoms with E-state index in [0.29, 0.717) is 11.8 Å². The highest BCUT2D eigenvalue weighted by molar-refractivity contribution is 4.97. The van der Waals surface area contributed by atoms with E-state index in [-0.39, 0.29) is 0 Å². The van der Waals surface area contributed by atoms with Crippen LogP contribution < -0.4 is 5.32 Å². The Hall–Kier alpha value is -0.900. The van der Waals surface area contributed by atoms with Crippen molar-refractivity contribution in [2.24, 2.45) is 5.92 Å². The molecule has 16 heavy (non-hydrogen) atoms. The van der Waals surface area contributed by atoms with Crippen molar-refractivity contribution in [1.82, 2.24) is 15.5 Å². The van der Waals surface area contributed by atoms with Gasteiger partial charge in [-0.1, -0.05) is 19.0 Å². The molecule has 0 amide bonds. The zero-order valence-corrected chi connectivity index (χ0v) is 10.2. The molecule has 1 aliphatic rings. The number of nitrogens with one attached hydrogen (secondary N) is 1. The van der Waals surface area contributed by atoms with E-state index in [1.165, 1.54) is 0 Å². The van der Waals surface area contributed by atoms with Gasteiger partial charge in [0.15, 0.2) is 5.82 Å². The fourth-order valence-corrected chi connectivity index (χ4v) is 2.03. The molecule has 1 fully saturated rings. The van der Waals surface area contributed by atoms with Crippen LogP contribution in [0.1, 0.15) is 50.7 Å². The molecule has 2 rings (SSSR count). The molecule has 1 aromatic heterocycles. The second-order valence-corrected chi connectivity index (χ2v) is 5.00. The Morgan fingerprint density at radius 1 is 1.38 bits per heavy atom. The van der Waals surface area contributed by atoms with Gasteiger partial charge in [0.1, 0.15) is 0 Å². The van der Waals surface area contributed by atoms with Crippen molar-refractivity contribution < 1.29 is 4.52 Å². The van der Waals surface area contributed by atoms with Gasteiger partial charge in [-0.15, -0.1) is 0 Å². The maximum Gasteiger partial charge on any atom is 0.226 e. The lowest BCUT2D eigenvalue weighted by atomic mass is 9.98. The van der Waals surface area contributed by atoms with Gasteiger partial charge in [-0.05, 0) is 38.3 Å². The molecule has 1 N–H and O–H groups in total. The molecule has 0 spiro atoms. The number of piperidine rings is 1. The summed E-state index contributed by atoms with van der Waals surface area (Å²) in [5, 5.41) is 7.45. The quantitative estimate of drug-likeness (QED) is 0.849. The van der Waals surface area contributed by atoms with E-state index in [9.17, 15) is 0 Å². The summed E-state index contributed by atoms with van der Waals surface area (Å²) in [5.41, 5.74) is 0. The first-order chi connectivity index (χ1) is 7.75. The molecule has 0 bridgehead atoms. The van der Waals surface area contributed by atoms with Crippen LogP contribution in [0, 0.1) is 5.92 Å². The summed E-state index contributed by atoms with van der Waals surface area (Å²) in [6.07, 6.45) is 4.29. The summed E-state index contributed by atoms with van der Waals surface area (Å²) in [5.74, 6) is 2.91. The van der Waals surface area contributed by atoms with Gasteiger partial charge < -0.3 is 9.84 Å². The Labute approximate surface area is 96.8 Å². The van der Waals surface area contributed by atoms with Gasteiger partial charge in [-0.3, -0.25) is 0 Å². The molecule has 1 saturated heterocycles. The zero-order chi connectivity index (χ0) is 11.4. The van der Waals surface area contributed by atoms with Crippen molar-refractivity contribution in [3.8, 4) is 0 Å². The maximum absolute atomic E-state index is 5.29. The van der Waals surface area contributed by atoms with E-state index in [2.05, 4.69) is 29.3 Å². The summed E-state index contributed by atoms with van der Waals surface area (Å²) in [6, 6.07) is 0. The summed E-state index contributed by atoms with van der Waals surface area (Å²) in [4.78, 5) is 4.50.